The summed E-state index contributed by atoms with van der Waals surface area (Å²) < 4.78 is 67.3. The van der Waals surface area contributed by atoms with Crippen molar-refractivity contribution >= 4 is 38.5 Å². The molecule has 1 rings (SSSR count). The molecular weight excluding hydrogens is 336 g/mol. The molecule has 9 heteroatoms. The lowest BCUT2D eigenvalue weighted by molar-refractivity contribution is 0.144. The van der Waals surface area contributed by atoms with Gasteiger partial charge >= 0.3 is 0 Å². The highest BCUT2D eigenvalue weighted by Gasteiger charge is 2.25. The number of rotatable bonds is 2. The summed E-state index contributed by atoms with van der Waals surface area (Å²) in [5.41, 5.74) is -1.09. The van der Waals surface area contributed by atoms with Gasteiger partial charge < -0.3 is 0 Å². The Morgan fingerprint density at radius 1 is 1.31 bits per heavy atom. The van der Waals surface area contributed by atoms with Gasteiger partial charge in [0, 0.05) is 4.47 Å². The minimum Gasteiger partial charge on any atom is -0.282 e. The zero-order valence-electron chi connectivity index (χ0n) is 7.32. The third kappa shape index (κ3) is 3.09. The van der Waals surface area contributed by atoms with Crippen LogP contribution >= 0.6 is 28.3 Å². The standard InChI is InChI=1S/C7H4BrF3O3S.ClH/c8-3-1-2-4(15(12,13)14)6(9)5(3)7(10)11;/h1-2,7H,(H,12,13,14);1H. The molecule has 0 unspecified atom stereocenters. The molecule has 0 saturated carbocycles. The average Bonchev–Trinajstić information content (AvgIpc) is 2.00. The molecule has 1 aromatic carbocycles. The number of benzene rings is 1. The van der Waals surface area contributed by atoms with Gasteiger partial charge in [0.25, 0.3) is 16.5 Å². The Hall–Kier alpha value is -0.310. The third-order valence-electron chi connectivity index (χ3n) is 1.59. The van der Waals surface area contributed by atoms with Gasteiger partial charge in [-0.15, -0.1) is 12.4 Å². The lowest BCUT2D eigenvalue weighted by Gasteiger charge is -2.07. The van der Waals surface area contributed by atoms with Crippen molar-refractivity contribution in [2.24, 2.45) is 0 Å². The van der Waals surface area contributed by atoms with Crippen molar-refractivity contribution in [2.75, 3.05) is 0 Å². The van der Waals surface area contributed by atoms with Crippen molar-refractivity contribution in [3.63, 3.8) is 0 Å². The molecule has 0 atom stereocenters. The van der Waals surface area contributed by atoms with Crippen LogP contribution in [0.3, 0.4) is 0 Å². The Kier molecular flexibility index (Phi) is 5.24. The van der Waals surface area contributed by atoms with Crippen molar-refractivity contribution in [3.05, 3.63) is 28.0 Å². The van der Waals surface area contributed by atoms with Crippen LogP contribution < -0.4 is 0 Å². The van der Waals surface area contributed by atoms with E-state index in [1.165, 1.54) is 0 Å². The Balaban J connectivity index is 0.00000225. The van der Waals surface area contributed by atoms with Crippen LogP contribution in [-0.4, -0.2) is 13.0 Å². The summed E-state index contributed by atoms with van der Waals surface area (Å²) in [6.07, 6.45) is -3.18. The van der Waals surface area contributed by atoms with E-state index in [-0.39, 0.29) is 16.9 Å². The first-order valence-electron chi connectivity index (χ1n) is 3.48. The molecule has 3 nitrogen and oxygen atoms in total. The molecule has 0 spiro atoms. The van der Waals surface area contributed by atoms with Crippen molar-refractivity contribution in [1.82, 2.24) is 0 Å². The minimum atomic E-state index is -4.84. The predicted octanol–water partition coefficient (Wildman–Crippen LogP) is 3.19. The SMILES string of the molecule is Cl.O=S(=O)(O)c1ccc(Br)c(C(F)F)c1F. The van der Waals surface area contributed by atoms with Gasteiger partial charge in [-0.3, -0.25) is 4.55 Å². The summed E-state index contributed by atoms with van der Waals surface area (Å²) in [6.45, 7) is 0. The fourth-order valence-electron chi connectivity index (χ4n) is 0.949. The summed E-state index contributed by atoms with van der Waals surface area (Å²) in [5, 5.41) is 0. The number of halogens is 5. The quantitative estimate of drug-likeness (QED) is 0.841. The van der Waals surface area contributed by atoms with E-state index < -0.39 is 32.8 Å². The fourth-order valence-corrected chi connectivity index (χ4v) is 2.00. The number of alkyl halides is 2. The van der Waals surface area contributed by atoms with Crippen LogP contribution in [0.4, 0.5) is 13.2 Å². The molecule has 0 bridgehead atoms. The van der Waals surface area contributed by atoms with E-state index in [9.17, 15) is 21.6 Å². The van der Waals surface area contributed by atoms with Crippen molar-refractivity contribution in [1.29, 1.82) is 0 Å². The lowest BCUT2D eigenvalue weighted by atomic mass is 10.2. The molecule has 92 valence electrons. The normalized spacial score (nSPS) is 11.4. The Morgan fingerprint density at radius 2 is 1.81 bits per heavy atom. The Bertz CT molecular complexity index is 492. The van der Waals surface area contributed by atoms with Gasteiger partial charge in [-0.05, 0) is 12.1 Å². The molecule has 0 saturated heterocycles. The van der Waals surface area contributed by atoms with E-state index in [0.29, 0.717) is 6.07 Å². The molecule has 0 aromatic heterocycles. The molecule has 16 heavy (non-hydrogen) atoms. The van der Waals surface area contributed by atoms with Gasteiger partial charge in [0.05, 0.1) is 5.56 Å². The second-order valence-corrected chi connectivity index (χ2v) is 4.79. The van der Waals surface area contributed by atoms with E-state index in [2.05, 4.69) is 15.9 Å². The maximum Gasteiger partial charge on any atom is 0.297 e. The third-order valence-corrected chi connectivity index (χ3v) is 3.15. The molecule has 0 aliphatic rings. The van der Waals surface area contributed by atoms with E-state index in [1.54, 1.807) is 0 Å². The largest absolute Gasteiger partial charge is 0.297 e. The molecule has 0 aliphatic heterocycles. The summed E-state index contributed by atoms with van der Waals surface area (Å²) in [4.78, 5) is -1.17. The fraction of sp³-hybridized carbons (Fsp3) is 0.143. The maximum atomic E-state index is 13.2. The molecule has 0 heterocycles. The van der Waals surface area contributed by atoms with Crippen LogP contribution in [0.5, 0.6) is 0 Å². The smallest absolute Gasteiger partial charge is 0.282 e. The second-order valence-electron chi connectivity index (χ2n) is 2.55. The van der Waals surface area contributed by atoms with Crippen molar-refractivity contribution in [2.45, 2.75) is 11.3 Å². The molecule has 0 radical (unpaired) electrons. The van der Waals surface area contributed by atoms with Crippen LogP contribution in [0.15, 0.2) is 21.5 Å². The monoisotopic (exact) mass is 340 g/mol. The summed E-state index contributed by atoms with van der Waals surface area (Å²) in [7, 11) is -4.84. The van der Waals surface area contributed by atoms with Crippen LogP contribution in [0.1, 0.15) is 12.0 Å². The summed E-state index contributed by atoms with van der Waals surface area (Å²) >= 11 is 2.65. The Morgan fingerprint density at radius 3 is 2.19 bits per heavy atom. The van der Waals surface area contributed by atoms with E-state index >= 15 is 0 Å². The van der Waals surface area contributed by atoms with Crippen LogP contribution in [0, 0.1) is 5.82 Å². The highest BCUT2D eigenvalue weighted by Crippen LogP contribution is 2.32. The zero-order chi connectivity index (χ0) is 11.8. The first kappa shape index (κ1) is 15.7. The highest BCUT2D eigenvalue weighted by molar-refractivity contribution is 9.10. The van der Waals surface area contributed by atoms with Gasteiger partial charge in [-0.25, -0.2) is 13.2 Å². The Labute approximate surface area is 104 Å². The van der Waals surface area contributed by atoms with Crippen LogP contribution in [-0.2, 0) is 10.1 Å². The zero-order valence-corrected chi connectivity index (χ0v) is 10.5. The minimum absolute atomic E-state index is 0. The van der Waals surface area contributed by atoms with Gasteiger partial charge in [0.1, 0.15) is 4.90 Å². The van der Waals surface area contributed by atoms with Gasteiger partial charge in [-0.1, -0.05) is 15.9 Å². The van der Waals surface area contributed by atoms with Crippen molar-refractivity contribution in [3.8, 4) is 0 Å². The maximum absolute atomic E-state index is 13.2. The van der Waals surface area contributed by atoms with E-state index in [0.717, 1.165) is 6.07 Å². The molecule has 0 aliphatic carbocycles. The van der Waals surface area contributed by atoms with E-state index in [4.69, 9.17) is 4.55 Å². The summed E-state index contributed by atoms with van der Waals surface area (Å²) in [6, 6.07) is 1.62. The van der Waals surface area contributed by atoms with Gasteiger partial charge in [0.2, 0.25) is 0 Å². The second kappa shape index (κ2) is 5.35. The molecular formula is C7H5BrClF3O3S. The predicted molar refractivity (Wildman–Crippen MR) is 56.1 cm³/mol. The summed E-state index contributed by atoms with van der Waals surface area (Å²) in [5.74, 6) is -1.65. The molecule has 1 aromatic rings. The van der Waals surface area contributed by atoms with Gasteiger partial charge in [-0.2, -0.15) is 8.42 Å². The van der Waals surface area contributed by atoms with Crippen molar-refractivity contribution < 1.29 is 26.1 Å². The van der Waals surface area contributed by atoms with Gasteiger partial charge in [0.15, 0.2) is 5.82 Å². The van der Waals surface area contributed by atoms with Crippen LogP contribution in [0.2, 0.25) is 0 Å². The number of hydrogen-bond donors (Lipinski definition) is 1. The van der Waals surface area contributed by atoms with Crippen LogP contribution in [0.25, 0.3) is 0 Å². The molecule has 0 fully saturated rings. The molecule has 1 N–H and O–H groups in total. The first-order chi connectivity index (χ1) is 6.75. The first-order valence-corrected chi connectivity index (χ1v) is 5.72. The lowest BCUT2D eigenvalue weighted by Crippen LogP contribution is -2.05. The average molecular weight is 342 g/mol. The molecule has 0 amide bonds. The number of hydrogen-bond acceptors (Lipinski definition) is 2. The highest BCUT2D eigenvalue weighted by atomic mass is 79.9. The van der Waals surface area contributed by atoms with E-state index in [1.807, 2.05) is 0 Å². The topological polar surface area (TPSA) is 54.4 Å².